The van der Waals surface area contributed by atoms with E-state index in [1.54, 1.807) is 0 Å². The molecule has 0 aromatic heterocycles. The first kappa shape index (κ1) is 10.7. The number of aryl methyl sites for hydroxylation is 1. The van der Waals surface area contributed by atoms with Crippen LogP contribution in [0.5, 0.6) is 0 Å². The van der Waals surface area contributed by atoms with Crippen molar-refractivity contribution in [2.45, 2.75) is 13.8 Å². The second-order valence-corrected chi connectivity index (χ2v) is 5.56. The Morgan fingerprint density at radius 2 is 1.69 bits per heavy atom. The first-order chi connectivity index (χ1) is 6.11. The summed E-state index contributed by atoms with van der Waals surface area (Å²) in [6, 6.07) is 2.27. The Bertz CT molecular complexity index is 362. The van der Waals surface area contributed by atoms with E-state index in [9.17, 15) is 0 Å². The van der Waals surface area contributed by atoms with Crippen molar-refractivity contribution in [2.75, 3.05) is 0 Å². The van der Waals surface area contributed by atoms with Crippen LogP contribution in [0, 0.1) is 13.8 Å². The minimum atomic E-state index is 0.890. The number of benzene rings is 1. The monoisotopic (exact) mass is 362 g/mol. The van der Waals surface area contributed by atoms with Gasteiger partial charge in [0.15, 0.2) is 0 Å². The van der Waals surface area contributed by atoms with Crippen molar-refractivity contribution in [3.8, 4) is 0 Å². The molecule has 0 aliphatic carbocycles. The molecule has 0 unspecified atom stereocenters. The predicted octanol–water partition coefficient (Wildman–Crippen LogP) is 2.38. The van der Waals surface area contributed by atoms with Crippen LogP contribution in [0.4, 0.5) is 0 Å². The molecule has 0 aliphatic rings. The van der Waals surface area contributed by atoms with Crippen LogP contribution in [-0.2, 0) is 0 Å². The molecule has 64 valence electrons. The van der Waals surface area contributed by atoms with Crippen LogP contribution in [0.2, 0.25) is 0 Å². The molecular weight excluding hydrogens is 349 g/mol. The third kappa shape index (κ3) is 1.93. The topological polar surface area (TPSA) is 0 Å². The summed E-state index contributed by atoms with van der Waals surface area (Å²) >= 11 is 0.890. The summed E-state index contributed by atoms with van der Waals surface area (Å²) in [5, 5.41) is 0. The van der Waals surface area contributed by atoms with Gasteiger partial charge in [-0.25, -0.2) is 0 Å². The Kier molecular flexibility index (Phi) is 3.48. The van der Waals surface area contributed by atoms with Gasteiger partial charge >= 0.3 is 96.4 Å². The van der Waals surface area contributed by atoms with E-state index in [0.717, 1.165) is 25.8 Å². The average molecular weight is 362 g/mol. The molecule has 13 heavy (non-hydrogen) atoms. The second kappa shape index (κ2) is 4.22. The van der Waals surface area contributed by atoms with Gasteiger partial charge in [-0.1, -0.05) is 0 Å². The van der Waals surface area contributed by atoms with Crippen LogP contribution in [0.25, 0.3) is 12.2 Å². The van der Waals surface area contributed by atoms with E-state index < -0.39 is 0 Å². The van der Waals surface area contributed by atoms with Gasteiger partial charge in [0.2, 0.25) is 0 Å². The fraction of sp³-hybridized carbons (Fsp3) is 0.167. The molecule has 0 bridgehead atoms. The van der Waals surface area contributed by atoms with Gasteiger partial charge in [-0.3, -0.25) is 0 Å². The summed E-state index contributed by atoms with van der Waals surface area (Å²) in [6.45, 7) is 12.0. The van der Waals surface area contributed by atoms with E-state index in [-0.39, 0.29) is 0 Å². The van der Waals surface area contributed by atoms with Gasteiger partial charge in [0, 0.05) is 0 Å². The molecule has 0 nitrogen and oxygen atoms in total. The molecule has 0 aliphatic heterocycles. The Morgan fingerprint density at radius 3 is 2.15 bits per heavy atom. The molecule has 0 amide bonds. The molecule has 0 heterocycles. The predicted molar refractivity (Wildman–Crippen MR) is 61.5 cm³/mol. The Balaban J connectivity index is 3.59. The van der Waals surface area contributed by atoms with Crippen LogP contribution < -0.4 is 3.12 Å². The van der Waals surface area contributed by atoms with Crippen LogP contribution in [0.15, 0.2) is 19.2 Å². The molecule has 0 saturated carbocycles. The number of hydrogen-bond acceptors (Lipinski definition) is 0. The molecule has 1 aromatic rings. The summed E-state index contributed by atoms with van der Waals surface area (Å²) in [4.78, 5) is 0. The van der Waals surface area contributed by atoms with Gasteiger partial charge in [0.25, 0.3) is 0 Å². The normalized spacial score (nSPS) is 9.62. The molecule has 0 radical (unpaired) electrons. The minimum absolute atomic E-state index is 0.890. The molecule has 0 saturated heterocycles. The Morgan fingerprint density at radius 1 is 1.15 bits per heavy atom. The zero-order valence-corrected chi connectivity index (χ0v) is 12.7. The van der Waals surface area contributed by atoms with Gasteiger partial charge in [0.1, 0.15) is 0 Å². The van der Waals surface area contributed by atoms with E-state index in [0.29, 0.717) is 0 Å². The average Bonchev–Trinajstić information content (AvgIpc) is 2.10. The molecule has 0 fully saturated rings. The van der Waals surface area contributed by atoms with Gasteiger partial charge in [0.05, 0.1) is 0 Å². The Hall–Kier alpha value is -0.378. The first-order valence-corrected chi connectivity index (χ1v) is 6.50. The maximum atomic E-state index is 3.85. The first-order valence-electron chi connectivity index (χ1n) is 4.26. The Labute approximate surface area is 96.0 Å². The molecular formula is C12H13Tl. The summed E-state index contributed by atoms with van der Waals surface area (Å²) in [7, 11) is 0. The molecule has 1 heteroatoms. The van der Waals surface area contributed by atoms with Gasteiger partial charge < -0.3 is 0 Å². The summed E-state index contributed by atoms with van der Waals surface area (Å²) in [5.74, 6) is 0. The van der Waals surface area contributed by atoms with Crippen LogP contribution >= 0.6 is 0 Å². The van der Waals surface area contributed by atoms with E-state index in [4.69, 9.17) is 0 Å². The number of hydrogen-bond donors (Lipinski definition) is 0. The van der Waals surface area contributed by atoms with Crippen LogP contribution in [-0.4, -0.2) is 25.8 Å². The summed E-state index contributed by atoms with van der Waals surface area (Å²) in [6.07, 6.45) is 3.86. The van der Waals surface area contributed by atoms with Gasteiger partial charge in [-0.2, -0.15) is 0 Å². The third-order valence-electron chi connectivity index (χ3n) is 2.33. The van der Waals surface area contributed by atoms with Crippen molar-refractivity contribution in [3.05, 3.63) is 41.5 Å². The van der Waals surface area contributed by atoms with Gasteiger partial charge in [-0.15, -0.1) is 0 Å². The summed E-state index contributed by atoms with van der Waals surface area (Å²) < 4.78 is 1.48. The summed E-state index contributed by atoms with van der Waals surface area (Å²) in [5.41, 5.74) is 5.18. The van der Waals surface area contributed by atoms with Crippen molar-refractivity contribution in [2.24, 2.45) is 0 Å². The standard InChI is InChI=1S/C12H13.Tl/c1-5-11-9(3)7-8-10(4)12(11)6-2;/h5-7H,1-2H2,3-4H3;. The fourth-order valence-corrected chi connectivity index (χ4v) is 3.10. The molecule has 0 N–H and O–H groups in total. The molecule has 0 spiro atoms. The van der Waals surface area contributed by atoms with Crippen molar-refractivity contribution >= 4 is 41.0 Å². The SMILES string of the molecule is C=Cc1c(C)c[c]([Tl])c(C)c1C=C. The maximum absolute atomic E-state index is 3.85. The number of rotatable bonds is 2. The van der Waals surface area contributed by atoms with Crippen molar-refractivity contribution in [1.82, 2.24) is 0 Å². The molecule has 1 aromatic carbocycles. The zero-order valence-electron chi connectivity index (χ0n) is 8.22. The van der Waals surface area contributed by atoms with Crippen LogP contribution in [0.3, 0.4) is 0 Å². The van der Waals surface area contributed by atoms with E-state index in [2.05, 4.69) is 33.1 Å². The van der Waals surface area contributed by atoms with E-state index in [1.807, 2.05) is 12.2 Å². The third-order valence-corrected chi connectivity index (χ3v) is 4.66. The molecule has 0 atom stereocenters. The second-order valence-electron chi connectivity index (χ2n) is 3.14. The van der Waals surface area contributed by atoms with Crippen LogP contribution in [0.1, 0.15) is 22.3 Å². The fourth-order valence-electron chi connectivity index (χ4n) is 1.52. The van der Waals surface area contributed by atoms with Crippen molar-refractivity contribution in [1.29, 1.82) is 0 Å². The molecule has 1 rings (SSSR count). The quantitative estimate of drug-likeness (QED) is 0.710. The zero-order chi connectivity index (χ0) is 10.0. The van der Waals surface area contributed by atoms with Crippen molar-refractivity contribution < 1.29 is 0 Å². The van der Waals surface area contributed by atoms with E-state index in [1.165, 1.54) is 25.4 Å². The van der Waals surface area contributed by atoms with Crippen molar-refractivity contribution in [3.63, 3.8) is 0 Å². The van der Waals surface area contributed by atoms with E-state index >= 15 is 0 Å². The van der Waals surface area contributed by atoms with Gasteiger partial charge in [-0.05, 0) is 0 Å².